The molecule has 4 aromatic carbocycles. The number of nitro groups is 2. The van der Waals surface area contributed by atoms with Crippen molar-refractivity contribution < 1.29 is 23.5 Å². The minimum atomic E-state index is -4.18. The molecular formula is C28H26N3O7P. The van der Waals surface area contributed by atoms with Gasteiger partial charge in [0, 0.05) is 18.7 Å². The van der Waals surface area contributed by atoms with Crippen LogP contribution in [-0.2, 0) is 33.4 Å². The van der Waals surface area contributed by atoms with Gasteiger partial charge in [-0.2, -0.15) is 0 Å². The maximum atomic E-state index is 14.6. The first-order valence-electron chi connectivity index (χ1n) is 12.0. The number of benzene rings is 4. The average Bonchev–Trinajstić information content (AvgIpc) is 2.96. The number of para-hydroxylation sites is 2. The van der Waals surface area contributed by atoms with E-state index < -0.39 is 23.2 Å². The molecule has 0 saturated heterocycles. The van der Waals surface area contributed by atoms with Crippen LogP contribution in [0.4, 0.5) is 11.4 Å². The summed E-state index contributed by atoms with van der Waals surface area (Å²) in [6.45, 7) is -0.433. The molecule has 1 atom stereocenters. The molecule has 0 bridgehead atoms. The summed E-state index contributed by atoms with van der Waals surface area (Å²) in [5, 5.41) is 26.4. The molecule has 0 spiro atoms. The van der Waals surface area contributed by atoms with Crippen LogP contribution in [-0.4, -0.2) is 9.85 Å². The average molecular weight is 548 g/mol. The second-order valence-corrected chi connectivity index (χ2v) is 10.7. The zero-order valence-electron chi connectivity index (χ0n) is 20.8. The second-order valence-electron chi connectivity index (χ2n) is 8.54. The van der Waals surface area contributed by atoms with Crippen molar-refractivity contribution in [1.82, 2.24) is 5.32 Å². The molecule has 0 saturated carbocycles. The van der Waals surface area contributed by atoms with Crippen molar-refractivity contribution in [3.8, 4) is 0 Å². The summed E-state index contributed by atoms with van der Waals surface area (Å²) >= 11 is 0. The monoisotopic (exact) mass is 547 g/mol. The Labute approximate surface area is 225 Å². The summed E-state index contributed by atoms with van der Waals surface area (Å²) in [5.74, 6) is -0.982. The van der Waals surface area contributed by atoms with E-state index in [1.807, 2.05) is 36.4 Å². The van der Waals surface area contributed by atoms with Gasteiger partial charge in [0.05, 0.1) is 34.2 Å². The minimum Gasteiger partial charge on any atom is -0.302 e. The third-order valence-corrected chi connectivity index (χ3v) is 8.04. The van der Waals surface area contributed by atoms with Gasteiger partial charge in [0.2, 0.25) is 0 Å². The zero-order chi connectivity index (χ0) is 27.7. The molecule has 1 N–H and O–H groups in total. The van der Waals surface area contributed by atoms with E-state index in [2.05, 4.69) is 5.32 Å². The van der Waals surface area contributed by atoms with Gasteiger partial charge in [0.15, 0.2) is 0 Å². The van der Waals surface area contributed by atoms with Crippen LogP contribution < -0.4 is 5.32 Å². The van der Waals surface area contributed by atoms with Crippen molar-refractivity contribution in [2.75, 3.05) is 0 Å². The van der Waals surface area contributed by atoms with Crippen molar-refractivity contribution in [3.05, 3.63) is 152 Å². The standard InChI is InChI=1S/C28H26N3O7P/c32-30(33)26-17-9-7-15-24(26)20-37-39(36,38-21-25-16-8-10-18-27(25)31(34)35)28(23-13-5-2-6-14-23)29-19-22-11-3-1-4-12-22/h1-18,28-29H,19-21H2/t28-/m0/s1. The summed E-state index contributed by atoms with van der Waals surface area (Å²) < 4.78 is 26.5. The van der Waals surface area contributed by atoms with Crippen molar-refractivity contribution in [2.24, 2.45) is 0 Å². The van der Waals surface area contributed by atoms with Crippen LogP contribution in [0.3, 0.4) is 0 Å². The number of hydrogen-bond donors (Lipinski definition) is 1. The van der Waals surface area contributed by atoms with Crippen molar-refractivity contribution in [3.63, 3.8) is 0 Å². The topological polar surface area (TPSA) is 134 Å². The first-order valence-corrected chi connectivity index (χ1v) is 13.6. The molecule has 0 aliphatic heterocycles. The summed E-state index contributed by atoms with van der Waals surface area (Å²) in [5.41, 5.74) is 1.58. The fourth-order valence-electron chi connectivity index (χ4n) is 3.99. The maximum absolute atomic E-state index is 14.6. The maximum Gasteiger partial charge on any atom is 0.352 e. The highest BCUT2D eigenvalue weighted by atomic mass is 31.2. The van der Waals surface area contributed by atoms with E-state index in [-0.39, 0.29) is 35.7 Å². The van der Waals surface area contributed by atoms with Gasteiger partial charge in [0.25, 0.3) is 11.4 Å². The number of nitro benzene ring substituents is 2. The van der Waals surface area contributed by atoms with Crippen LogP contribution in [0.25, 0.3) is 0 Å². The van der Waals surface area contributed by atoms with Gasteiger partial charge < -0.3 is 9.05 Å². The van der Waals surface area contributed by atoms with Gasteiger partial charge in [0.1, 0.15) is 5.78 Å². The fraction of sp³-hybridized carbons (Fsp3) is 0.143. The smallest absolute Gasteiger partial charge is 0.302 e. The van der Waals surface area contributed by atoms with Gasteiger partial charge in [-0.05, 0) is 23.3 Å². The summed E-state index contributed by atoms with van der Waals surface area (Å²) in [7, 11) is -4.18. The summed E-state index contributed by atoms with van der Waals surface area (Å²) in [4.78, 5) is 22.0. The molecular weight excluding hydrogens is 521 g/mol. The van der Waals surface area contributed by atoms with Crippen LogP contribution in [0, 0.1) is 20.2 Å². The van der Waals surface area contributed by atoms with Gasteiger partial charge in [-0.15, -0.1) is 0 Å². The predicted octanol–water partition coefficient (Wildman–Crippen LogP) is 6.92. The van der Waals surface area contributed by atoms with Gasteiger partial charge in [-0.3, -0.25) is 30.1 Å². The van der Waals surface area contributed by atoms with E-state index in [0.717, 1.165) is 5.56 Å². The Kier molecular flexibility index (Phi) is 9.30. The highest BCUT2D eigenvalue weighted by Crippen LogP contribution is 2.61. The highest BCUT2D eigenvalue weighted by molar-refractivity contribution is 7.54. The zero-order valence-corrected chi connectivity index (χ0v) is 21.7. The number of nitrogens with zero attached hydrogens (tertiary/aromatic N) is 2. The lowest BCUT2D eigenvalue weighted by molar-refractivity contribution is -0.385. The Hall–Kier alpha value is -4.21. The third-order valence-electron chi connectivity index (χ3n) is 5.95. The van der Waals surface area contributed by atoms with Crippen molar-refractivity contribution in [2.45, 2.75) is 25.5 Å². The predicted molar refractivity (Wildman–Crippen MR) is 146 cm³/mol. The highest BCUT2D eigenvalue weighted by Gasteiger charge is 2.38. The van der Waals surface area contributed by atoms with E-state index in [1.54, 1.807) is 36.4 Å². The Morgan fingerprint density at radius 1 is 0.667 bits per heavy atom. The number of nitrogens with one attached hydrogen (secondary N) is 1. The fourth-order valence-corrected chi connectivity index (χ4v) is 5.85. The lowest BCUT2D eigenvalue weighted by atomic mass is 10.2. The Bertz CT molecular complexity index is 1400. The van der Waals surface area contributed by atoms with Gasteiger partial charge in [-0.25, -0.2) is 0 Å². The Morgan fingerprint density at radius 3 is 1.59 bits per heavy atom. The van der Waals surface area contributed by atoms with Crippen LogP contribution in [0.1, 0.15) is 28.0 Å². The van der Waals surface area contributed by atoms with Crippen LogP contribution in [0.15, 0.2) is 109 Å². The second kappa shape index (κ2) is 13.0. The van der Waals surface area contributed by atoms with E-state index >= 15 is 0 Å². The number of rotatable bonds is 13. The quantitative estimate of drug-likeness (QED) is 0.108. The van der Waals surface area contributed by atoms with E-state index in [0.29, 0.717) is 12.1 Å². The molecule has 200 valence electrons. The molecule has 4 aromatic rings. The molecule has 0 aliphatic carbocycles. The van der Waals surface area contributed by atoms with Crippen molar-refractivity contribution in [1.29, 1.82) is 0 Å². The molecule has 0 amide bonds. The van der Waals surface area contributed by atoms with Crippen molar-refractivity contribution >= 4 is 19.0 Å². The lowest BCUT2D eigenvalue weighted by Crippen LogP contribution is -2.23. The Balaban J connectivity index is 1.70. The van der Waals surface area contributed by atoms with Gasteiger partial charge >= 0.3 is 7.60 Å². The molecule has 0 heterocycles. The molecule has 11 heteroatoms. The SMILES string of the molecule is O=[N+]([O-])c1ccccc1COP(=O)(OCc1ccccc1[N+](=O)[O-])[C@H](NCc1ccccc1)c1ccccc1. The molecule has 0 radical (unpaired) electrons. The molecule has 4 rings (SSSR count). The van der Waals surface area contributed by atoms with Crippen LogP contribution in [0.5, 0.6) is 0 Å². The molecule has 0 aromatic heterocycles. The van der Waals surface area contributed by atoms with Gasteiger partial charge in [-0.1, -0.05) is 84.9 Å². The molecule has 10 nitrogen and oxygen atoms in total. The first kappa shape index (κ1) is 27.8. The molecule has 0 fully saturated rings. The minimum absolute atomic E-state index is 0.184. The largest absolute Gasteiger partial charge is 0.352 e. The molecule has 0 aliphatic rings. The number of hydrogen-bond acceptors (Lipinski definition) is 8. The van der Waals surface area contributed by atoms with Crippen LogP contribution >= 0.6 is 7.60 Å². The third kappa shape index (κ3) is 7.22. The summed E-state index contributed by atoms with van der Waals surface area (Å²) in [6.07, 6.45) is 0. The first-order chi connectivity index (χ1) is 18.9. The normalized spacial score (nSPS) is 12.1. The van der Waals surface area contributed by atoms with E-state index in [1.165, 1.54) is 36.4 Å². The van der Waals surface area contributed by atoms with Crippen LogP contribution in [0.2, 0.25) is 0 Å². The lowest BCUT2D eigenvalue weighted by Gasteiger charge is -2.28. The molecule has 39 heavy (non-hydrogen) atoms. The summed E-state index contributed by atoms with van der Waals surface area (Å²) in [6, 6.07) is 30.3. The molecule has 0 unspecified atom stereocenters. The van der Waals surface area contributed by atoms with E-state index in [4.69, 9.17) is 9.05 Å². The van der Waals surface area contributed by atoms with E-state index in [9.17, 15) is 24.8 Å². The Morgan fingerprint density at radius 2 is 1.10 bits per heavy atom.